The van der Waals surface area contributed by atoms with E-state index in [0.29, 0.717) is 11.2 Å². The maximum absolute atomic E-state index is 12.5. The van der Waals surface area contributed by atoms with Crippen molar-refractivity contribution < 1.29 is 0 Å². The van der Waals surface area contributed by atoms with E-state index in [1.807, 2.05) is 4.57 Å². The van der Waals surface area contributed by atoms with Crippen LogP contribution in [-0.2, 0) is 13.6 Å². The second-order valence-electron chi connectivity index (χ2n) is 7.57. The van der Waals surface area contributed by atoms with Crippen molar-refractivity contribution in [2.45, 2.75) is 96.2 Å². The lowest BCUT2D eigenvalue weighted by molar-refractivity contribution is 0.538. The monoisotopic (exact) mass is 408 g/mol. The Balaban J connectivity index is 2.10. The standard InChI is InChI=1S/C21H36N4O2S/c1-4-6-8-10-11-12-13-15-25-17-18(24(3)20(27)23-19(17)26)22-21(25)28-16-14-9-7-5-2/h4-16H2,1-3H3,(H,23,26,27). The fourth-order valence-electron chi connectivity index (χ4n) is 3.45. The molecule has 7 heteroatoms. The lowest BCUT2D eigenvalue weighted by Crippen LogP contribution is -2.29. The van der Waals surface area contributed by atoms with Crippen molar-refractivity contribution in [2.24, 2.45) is 7.05 Å². The molecule has 0 radical (unpaired) electrons. The zero-order valence-corrected chi connectivity index (χ0v) is 18.6. The molecule has 0 atom stereocenters. The Kier molecular flexibility index (Phi) is 9.88. The molecule has 0 bridgehead atoms. The van der Waals surface area contributed by atoms with E-state index in [1.54, 1.807) is 18.8 Å². The molecule has 0 saturated heterocycles. The molecule has 158 valence electrons. The second kappa shape index (κ2) is 12.1. The summed E-state index contributed by atoms with van der Waals surface area (Å²) in [5, 5.41) is 0.865. The molecule has 0 aromatic carbocycles. The zero-order valence-electron chi connectivity index (χ0n) is 17.8. The maximum Gasteiger partial charge on any atom is 0.329 e. The highest BCUT2D eigenvalue weighted by Crippen LogP contribution is 2.23. The van der Waals surface area contributed by atoms with Crippen LogP contribution in [0.3, 0.4) is 0 Å². The first-order chi connectivity index (χ1) is 13.6. The Morgan fingerprint density at radius 1 is 0.893 bits per heavy atom. The van der Waals surface area contributed by atoms with Crippen LogP contribution in [0.4, 0.5) is 0 Å². The summed E-state index contributed by atoms with van der Waals surface area (Å²) in [6.45, 7) is 5.22. The van der Waals surface area contributed by atoms with Crippen molar-refractivity contribution in [3.8, 4) is 0 Å². The third-order valence-corrected chi connectivity index (χ3v) is 6.25. The molecule has 2 aromatic heterocycles. The molecule has 0 saturated carbocycles. The van der Waals surface area contributed by atoms with Crippen LogP contribution in [0.2, 0.25) is 0 Å². The minimum absolute atomic E-state index is 0.327. The van der Waals surface area contributed by atoms with Gasteiger partial charge in [-0.3, -0.25) is 14.3 Å². The Labute approximate surface area is 172 Å². The number of hydrogen-bond acceptors (Lipinski definition) is 4. The van der Waals surface area contributed by atoms with Gasteiger partial charge in [0.05, 0.1) is 0 Å². The summed E-state index contributed by atoms with van der Waals surface area (Å²) in [6.07, 6.45) is 13.4. The molecular weight excluding hydrogens is 372 g/mol. The van der Waals surface area contributed by atoms with E-state index >= 15 is 0 Å². The summed E-state index contributed by atoms with van der Waals surface area (Å²) >= 11 is 1.71. The van der Waals surface area contributed by atoms with Gasteiger partial charge in [-0.25, -0.2) is 9.78 Å². The van der Waals surface area contributed by atoms with Gasteiger partial charge >= 0.3 is 5.69 Å². The highest BCUT2D eigenvalue weighted by atomic mass is 32.2. The van der Waals surface area contributed by atoms with E-state index in [0.717, 1.165) is 36.7 Å². The van der Waals surface area contributed by atoms with E-state index in [2.05, 4.69) is 23.8 Å². The summed E-state index contributed by atoms with van der Waals surface area (Å²) in [7, 11) is 1.67. The second-order valence-corrected chi connectivity index (χ2v) is 8.63. The van der Waals surface area contributed by atoms with Gasteiger partial charge in [0.2, 0.25) is 0 Å². The molecule has 28 heavy (non-hydrogen) atoms. The van der Waals surface area contributed by atoms with Gasteiger partial charge in [0.1, 0.15) is 0 Å². The molecule has 0 aliphatic heterocycles. The first kappa shape index (κ1) is 22.8. The Hall–Kier alpha value is -1.50. The molecule has 0 aliphatic rings. The number of H-pyrrole nitrogens is 1. The number of nitrogens with zero attached hydrogens (tertiary/aromatic N) is 3. The number of aromatic amines is 1. The fourth-order valence-corrected chi connectivity index (χ4v) is 4.47. The lowest BCUT2D eigenvalue weighted by Gasteiger charge is -2.08. The summed E-state index contributed by atoms with van der Waals surface area (Å²) in [4.78, 5) is 31.5. The van der Waals surface area contributed by atoms with Gasteiger partial charge in [-0.05, 0) is 12.8 Å². The number of nitrogens with one attached hydrogen (secondary N) is 1. The number of unbranched alkanes of at least 4 members (excludes halogenated alkanes) is 9. The minimum Gasteiger partial charge on any atom is -0.313 e. The van der Waals surface area contributed by atoms with Crippen molar-refractivity contribution >= 4 is 22.9 Å². The first-order valence-electron chi connectivity index (χ1n) is 10.9. The number of hydrogen-bond donors (Lipinski definition) is 1. The molecule has 2 rings (SSSR count). The molecule has 0 amide bonds. The van der Waals surface area contributed by atoms with Gasteiger partial charge in [0, 0.05) is 19.3 Å². The van der Waals surface area contributed by atoms with Crippen LogP contribution in [0.15, 0.2) is 14.7 Å². The number of aryl methyl sites for hydroxylation is 2. The van der Waals surface area contributed by atoms with Gasteiger partial charge in [-0.2, -0.15) is 0 Å². The van der Waals surface area contributed by atoms with Gasteiger partial charge in [0.25, 0.3) is 5.56 Å². The molecule has 2 aromatic rings. The highest BCUT2D eigenvalue weighted by molar-refractivity contribution is 7.99. The predicted octanol–water partition coefficient (Wildman–Crippen LogP) is 4.85. The molecule has 0 fully saturated rings. The number of thioether (sulfide) groups is 1. The Morgan fingerprint density at radius 3 is 2.18 bits per heavy atom. The van der Waals surface area contributed by atoms with Gasteiger partial charge in [0.15, 0.2) is 16.3 Å². The molecule has 6 nitrogen and oxygen atoms in total. The predicted molar refractivity (Wildman–Crippen MR) is 118 cm³/mol. The van der Waals surface area contributed by atoms with Crippen LogP contribution in [0, 0.1) is 0 Å². The van der Waals surface area contributed by atoms with E-state index in [-0.39, 0.29) is 5.56 Å². The molecule has 1 N–H and O–H groups in total. The van der Waals surface area contributed by atoms with Gasteiger partial charge in [-0.1, -0.05) is 83.4 Å². The molecule has 2 heterocycles. The first-order valence-corrected chi connectivity index (χ1v) is 11.9. The van der Waals surface area contributed by atoms with Crippen molar-refractivity contribution in [1.82, 2.24) is 19.1 Å². The minimum atomic E-state index is -0.405. The van der Waals surface area contributed by atoms with E-state index in [9.17, 15) is 9.59 Å². The molecule has 0 spiro atoms. The topological polar surface area (TPSA) is 72.7 Å². The van der Waals surface area contributed by atoms with Gasteiger partial charge in [-0.15, -0.1) is 0 Å². The smallest absolute Gasteiger partial charge is 0.313 e. The van der Waals surface area contributed by atoms with E-state index in [1.165, 1.54) is 55.9 Å². The van der Waals surface area contributed by atoms with Crippen molar-refractivity contribution in [2.75, 3.05) is 5.75 Å². The molecule has 0 unspecified atom stereocenters. The zero-order chi connectivity index (χ0) is 20.4. The van der Waals surface area contributed by atoms with Crippen LogP contribution in [0.5, 0.6) is 0 Å². The maximum atomic E-state index is 12.5. The normalized spacial score (nSPS) is 11.5. The number of imidazole rings is 1. The summed E-state index contributed by atoms with van der Waals surface area (Å²) in [6, 6.07) is 0. The lowest BCUT2D eigenvalue weighted by atomic mass is 10.1. The molecule has 0 aliphatic carbocycles. The SMILES string of the molecule is CCCCCCCCCn1c(SCCCCCC)nc2c1c(=O)[nH]c(=O)n2C. The van der Waals surface area contributed by atoms with Crippen LogP contribution < -0.4 is 11.2 Å². The average molecular weight is 409 g/mol. The van der Waals surface area contributed by atoms with Crippen LogP contribution in [0.1, 0.15) is 84.5 Å². The highest BCUT2D eigenvalue weighted by Gasteiger charge is 2.17. The third-order valence-electron chi connectivity index (χ3n) is 5.19. The third kappa shape index (κ3) is 6.26. The van der Waals surface area contributed by atoms with Crippen molar-refractivity contribution in [3.63, 3.8) is 0 Å². The molecular formula is C21H36N4O2S. The summed E-state index contributed by atoms with van der Waals surface area (Å²) in [5.74, 6) is 0.992. The van der Waals surface area contributed by atoms with E-state index < -0.39 is 5.69 Å². The Morgan fingerprint density at radius 2 is 1.50 bits per heavy atom. The number of fused-ring (bicyclic) bond motifs is 1. The van der Waals surface area contributed by atoms with Crippen molar-refractivity contribution in [1.29, 1.82) is 0 Å². The fraction of sp³-hybridized carbons (Fsp3) is 0.762. The van der Waals surface area contributed by atoms with Crippen LogP contribution in [-0.4, -0.2) is 24.9 Å². The number of aromatic nitrogens is 4. The summed E-state index contributed by atoms with van der Waals surface area (Å²) < 4.78 is 3.48. The summed E-state index contributed by atoms with van der Waals surface area (Å²) in [5.41, 5.74) is 0.292. The van der Waals surface area contributed by atoms with Gasteiger partial charge < -0.3 is 4.57 Å². The van der Waals surface area contributed by atoms with E-state index in [4.69, 9.17) is 0 Å². The average Bonchev–Trinajstić information content (AvgIpc) is 3.04. The van der Waals surface area contributed by atoms with Crippen molar-refractivity contribution in [3.05, 3.63) is 20.8 Å². The Bertz CT molecular complexity index is 837. The number of rotatable bonds is 14. The van der Waals surface area contributed by atoms with Crippen LogP contribution in [0.25, 0.3) is 11.2 Å². The largest absolute Gasteiger partial charge is 0.329 e. The van der Waals surface area contributed by atoms with Crippen LogP contribution >= 0.6 is 11.8 Å². The quantitative estimate of drug-likeness (QED) is 0.358.